The molecule has 3 rings (SSSR count). The van der Waals surface area contributed by atoms with E-state index in [4.69, 9.17) is 5.26 Å². The van der Waals surface area contributed by atoms with Gasteiger partial charge in [0.2, 0.25) is 0 Å². The number of anilines is 1. The molecule has 0 saturated carbocycles. The highest BCUT2D eigenvalue weighted by Crippen LogP contribution is 2.28. The monoisotopic (exact) mass is 319 g/mol. The number of hydrogen-bond donors (Lipinski definition) is 1. The summed E-state index contributed by atoms with van der Waals surface area (Å²) in [5.74, 6) is 0. The number of nitriles is 1. The van der Waals surface area contributed by atoms with Crippen LogP contribution in [0.15, 0.2) is 0 Å². The van der Waals surface area contributed by atoms with E-state index in [1.54, 1.807) is 6.92 Å². The summed E-state index contributed by atoms with van der Waals surface area (Å²) in [5.41, 5.74) is 1.15. The predicted molar refractivity (Wildman–Crippen MR) is 86.0 cm³/mol. The zero-order chi connectivity index (χ0) is 15.7. The summed E-state index contributed by atoms with van der Waals surface area (Å²) < 4.78 is 4.14. The number of nitrogens with one attached hydrogen (secondary N) is 1. The summed E-state index contributed by atoms with van der Waals surface area (Å²) in [5, 5.41) is 12.6. The summed E-state index contributed by atoms with van der Waals surface area (Å²) in [6.45, 7) is 6.98. The first-order chi connectivity index (χ1) is 10.6. The maximum Gasteiger partial charge on any atom is 0.322 e. The number of carbonyl (C=O) groups is 1. The van der Waals surface area contributed by atoms with Crippen LogP contribution in [0.25, 0.3) is 0 Å². The Morgan fingerprint density at radius 3 is 2.82 bits per heavy atom. The Hall–Kier alpha value is -1.65. The highest BCUT2D eigenvalue weighted by Gasteiger charge is 2.38. The molecular formula is C15H21N5OS. The lowest BCUT2D eigenvalue weighted by Gasteiger charge is -2.30. The quantitative estimate of drug-likeness (QED) is 0.908. The Labute approximate surface area is 134 Å². The first-order valence-electron chi connectivity index (χ1n) is 7.80. The Bertz CT molecular complexity index is 602. The van der Waals surface area contributed by atoms with Gasteiger partial charge in [-0.3, -0.25) is 10.2 Å². The van der Waals surface area contributed by atoms with E-state index in [0.717, 1.165) is 26.1 Å². The molecule has 22 heavy (non-hydrogen) atoms. The molecular weight excluding hydrogens is 298 g/mol. The van der Waals surface area contributed by atoms with E-state index in [2.05, 4.69) is 27.6 Å². The molecule has 1 aromatic rings. The third kappa shape index (κ3) is 2.69. The van der Waals surface area contributed by atoms with Crippen LogP contribution in [0, 0.1) is 18.3 Å². The van der Waals surface area contributed by atoms with Crippen molar-refractivity contribution in [2.45, 2.75) is 45.2 Å². The van der Waals surface area contributed by atoms with Crippen LogP contribution < -0.4 is 5.32 Å². The number of aromatic nitrogens is 1. The van der Waals surface area contributed by atoms with Crippen LogP contribution in [0.5, 0.6) is 0 Å². The molecule has 3 heterocycles. The smallest absolute Gasteiger partial charge is 0.320 e. The van der Waals surface area contributed by atoms with Crippen LogP contribution in [-0.2, 0) is 0 Å². The largest absolute Gasteiger partial charge is 0.322 e. The van der Waals surface area contributed by atoms with Crippen molar-refractivity contribution in [2.75, 3.05) is 25.0 Å². The van der Waals surface area contributed by atoms with Crippen LogP contribution in [0.4, 0.5) is 9.80 Å². The molecule has 7 heteroatoms. The maximum absolute atomic E-state index is 12.5. The van der Waals surface area contributed by atoms with Crippen molar-refractivity contribution >= 4 is 22.6 Å². The van der Waals surface area contributed by atoms with Gasteiger partial charge in [-0.05, 0) is 57.7 Å². The Morgan fingerprint density at radius 2 is 2.14 bits per heavy atom. The third-order valence-corrected chi connectivity index (χ3v) is 5.63. The van der Waals surface area contributed by atoms with Crippen molar-refractivity contribution in [3.8, 4) is 6.07 Å². The number of hydrogen-bond acceptors (Lipinski definition) is 5. The fourth-order valence-corrected chi connectivity index (χ4v) is 4.26. The van der Waals surface area contributed by atoms with Gasteiger partial charge in [0.05, 0.1) is 5.69 Å². The lowest BCUT2D eigenvalue weighted by molar-refractivity contribution is 0.177. The number of carbonyl (C=O) groups excluding carboxylic acids is 1. The van der Waals surface area contributed by atoms with E-state index in [1.165, 1.54) is 24.4 Å². The van der Waals surface area contributed by atoms with Gasteiger partial charge in [-0.1, -0.05) is 0 Å². The summed E-state index contributed by atoms with van der Waals surface area (Å²) >= 11 is 1.17. The van der Waals surface area contributed by atoms with Crippen LogP contribution >= 0.6 is 11.5 Å². The van der Waals surface area contributed by atoms with Gasteiger partial charge in [0.1, 0.15) is 16.6 Å². The SMILES string of the molecule is Cc1nsc(NC(=O)N2CCC(N3CCCC3)C2C)c1C#N. The molecule has 1 aromatic heterocycles. The molecule has 2 atom stereocenters. The average molecular weight is 319 g/mol. The van der Waals surface area contributed by atoms with E-state index in [9.17, 15) is 4.79 Å². The average Bonchev–Trinajstić information content (AvgIpc) is 3.19. The number of urea groups is 1. The van der Waals surface area contributed by atoms with Gasteiger partial charge in [-0.2, -0.15) is 9.64 Å². The third-order valence-electron chi connectivity index (χ3n) is 4.78. The molecule has 0 spiro atoms. The predicted octanol–water partition coefficient (Wildman–Crippen LogP) is 2.41. The minimum absolute atomic E-state index is 0.116. The molecule has 0 radical (unpaired) electrons. The van der Waals surface area contributed by atoms with E-state index < -0.39 is 0 Å². The van der Waals surface area contributed by atoms with Crippen molar-refractivity contribution in [2.24, 2.45) is 0 Å². The molecule has 2 amide bonds. The highest BCUT2D eigenvalue weighted by atomic mass is 32.1. The molecule has 2 unspecified atom stereocenters. The number of likely N-dealkylation sites (tertiary alicyclic amines) is 2. The molecule has 0 aromatic carbocycles. The van der Waals surface area contributed by atoms with Gasteiger partial charge in [0.25, 0.3) is 0 Å². The van der Waals surface area contributed by atoms with Crippen molar-refractivity contribution in [3.63, 3.8) is 0 Å². The summed E-state index contributed by atoms with van der Waals surface area (Å²) in [4.78, 5) is 16.9. The highest BCUT2D eigenvalue weighted by molar-refractivity contribution is 7.10. The van der Waals surface area contributed by atoms with E-state index in [-0.39, 0.29) is 12.1 Å². The Morgan fingerprint density at radius 1 is 1.41 bits per heavy atom. The Kier molecular flexibility index (Phi) is 4.32. The topological polar surface area (TPSA) is 72.3 Å². The molecule has 0 bridgehead atoms. The fourth-order valence-electron chi connectivity index (χ4n) is 3.53. The van der Waals surface area contributed by atoms with E-state index in [1.807, 2.05) is 4.90 Å². The number of aryl methyl sites for hydroxylation is 1. The van der Waals surface area contributed by atoms with Crippen molar-refractivity contribution in [3.05, 3.63) is 11.3 Å². The molecule has 2 fully saturated rings. The van der Waals surface area contributed by atoms with Crippen LogP contribution in [0.1, 0.15) is 37.4 Å². The van der Waals surface area contributed by atoms with Crippen LogP contribution in [-0.4, -0.2) is 51.9 Å². The van der Waals surface area contributed by atoms with Crippen molar-refractivity contribution < 1.29 is 4.79 Å². The molecule has 0 aliphatic carbocycles. The minimum atomic E-state index is -0.116. The van der Waals surface area contributed by atoms with Crippen LogP contribution in [0.2, 0.25) is 0 Å². The summed E-state index contributed by atoms with van der Waals surface area (Å²) in [6.07, 6.45) is 3.56. The first-order valence-corrected chi connectivity index (χ1v) is 8.57. The zero-order valence-electron chi connectivity index (χ0n) is 13.0. The molecule has 118 valence electrons. The minimum Gasteiger partial charge on any atom is -0.320 e. The lowest BCUT2D eigenvalue weighted by atomic mass is 10.1. The van der Waals surface area contributed by atoms with E-state index in [0.29, 0.717) is 22.3 Å². The second-order valence-corrected chi connectivity index (χ2v) is 6.82. The van der Waals surface area contributed by atoms with Gasteiger partial charge in [0, 0.05) is 18.6 Å². The van der Waals surface area contributed by atoms with Gasteiger partial charge < -0.3 is 4.90 Å². The maximum atomic E-state index is 12.5. The molecule has 2 aliphatic heterocycles. The Balaban J connectivity index is 1.67. The van der Waals surface area contributed by atoms with Gasteiger partial charge >= 0.3 is 6.03 Å². The van der Waals surface area contributed by atoms with Crippen LogP contribution in [0.3, 0.4) is 0 Å². The summed E-state index contributed by atoms with van der Waals surface area (Å²) in [7, 11) is 0. The van der Waals surface area contributed by atoms with Gasteiger partial charge in [-0.25, -0.2) is 4.79 Å². The zero-order valence-corrected chi connectivity index (χ0v) is 13.8. The second-order valence-electron chi connectivity index (χ2n) is 6.05. The molecule has 2 saturated heterocycles. The van der Waals surface area contributed by atoms with Gasteiger partial charge in [0.15, 0.2) is 0 Å². The fraction of sp³-hybridized carbons (Fsp3) is 0.667. The van der Waals surface area contributed by atoms with Crippen molar-refractivity contribution in [1.29, 1.82) is 5.26 Å². The first kappa shape index (κ1) is 15.3. The molecule has 6 nitrogen and oxygen atoms in total. The lowest BCUT2D eigenvalue weighted by Crippen LogP contribution is -2.45. The van der Waals surface area contributed by atoms with E-state index >= 15 is 0 Å². The number of rotatable bonds is 2. The summed E-state index contributed by atoms with van der Waals surface area (Å²) in [6, 6.07) is 2.67. The molecule has 2 aliphatic rings. The standard InChI is InChI=1S/C15H21N5OS/c1-10-12(9-16)14(22-18-10)17-15(21)20-8-5-13(11(20)2)19-6-3-4-7-19/h11,13H,3-8H2,1-2H3,(H,17,21). The number of amides is 2. The number of nitrogens with zero attached hydrogens (tertiary/aromatic N) is 4. The van der Waals surface area contributed by atoms with Gasteiger partial charge in [-0.15, -0.1) is 0 Å². The normalized spacial score (nSPS) is 25.4. The second kappa shape index (κ2) is 6.23. The van der Waals surface area contributed by atoms with Crippen molar-refractivity contribution in [1.82, 2.24) is 14.2 Å². The molecule has 1 N–H and O–H groups in total.